The molecule has 0 aliphatic heterocycles. The molecule has 0 fully saturated rings. The first-order valence-electron chi connectivity index (χ1n) is 5.60. The van der Waals surface area contributed by atoms with Crippen LogP contribution in [0.25, 0.3) is 0 Å². The maximum atomic E-state index is 13.5. The first-order chi connectivity index (χ1) is 8.99. The normalized spacial score (nSPS) is 10.3. The van der Waals surface area contributed by atoms with Gasteiger partial charge in [0.05, 0.1) is 5.69 Å². The first kappa shape index (κ1) is 13.5. The molecule has 0 aliphatic carbocycles. The van der Waals surface area contributed by atoms with Gasteiger partial charge in [-0.15, -0.1) is 0 Å². The van der Waals surface area contributed by atoms with Crippen LogP contribution in [-0.2, 0) is 0 Å². The first-order valence-corrected chi connectivity index (χ1v) is 6.40. The van der Waals surface area contributed by atoms with Gasteiger partial charge in [-0.25, -0.2) is 4.39 Å². The number of hydrogen-bond donors (Lipinski definition) is 2. The molecule has 0 atom stereocenters. The van der Waals surface area contributed by atoms with E-state index in [4.69, 9.17) is 5.73 Å². The van der Waals surface area contributed by atoms with Crippen molar-refractivity contribution in [1.29, 1.82) is 0 Å². The van der Waals surface area contributed by atoms with Crippen molar-refractivity contribution >= 4 is 33.2 Å². The van der Waals surface area contributed by atoms with Gasteiger partial charge in [-0.2, -0.15) is 0 Å². The monoisotopic (exact) mass is 322 g/mol. The largest absolute Gasteiger partial charge is 0.399 e. The van der Waals surface area contributed by atoms with E-state index < -0.39 is 5.82 Å². The van der Waals surface area contributed by atoms with E-state index >= 15 is 0 Å². The summed E-state index contributed by atoms with van der Waals surface area (Å²) in [6, 6.07) is 9.32. The lowest BCUT2D eigenvalue weighted by Gasteiger charge is -2.10. The quantitative estimate of drug-likeness (QED) is 0.828. The van der Waals surface area contributed by atoms with Gasteiger partial charge in [0.1, 0.15) is 5.82 Å². The number of nitrogens with two attached hydrogens (primary N) is 1. The van der Waals surface area contributed by atoms with Crippen LogP contribution in [0.15, 0.2) is 40.9 Å². The number of carbonyl (C=O) groups excluding carboxylic acids is 1. The molecule has 0 aromatic heterocycles. The molecule has 0 aliphatic rings. The third-order valence-corrected chi connectivity index (χ3v) is 3.61. The van der Waals surface area contributed by atoms with Gasteiger partial charge in [0.15, 0.2) is 0 Å². The van der Waals surface area contributed by atoms with Gasteiger partial charge < -0.3 is 11.1 Å². The third-order valence-electron chi connectivity index (χ3n) is 2.75. The van der Waals surface area contributed by atoms with Gasteiger partial charge in [0.2, 0.25) is 0 Å². The fraction of sp³-hybridized carbons (Fsp3) is 0.0714. The topological polar surface area (TPSA) is 55.1 Å². The lowest BCUT2D eigenvalue weighted by atomic mass is 10.1. The second-order valence-electron chi connectivity index (χ2n) is 4.11. The van der Waals surface area contributed by atoms with E-state index in [1.54, 1.807) is 12.1 Å². The van der Waals surface area contributed by atoms with Gasteiger partial charge in [0, 0.05) is 15.7 Å². The zero-order valence-electron chi connectivity index (χ0n) is 10.2. The van der Waals surface area contributed by atoms with Crippen molar-refractivity contribution in [3.8, 4) is 0 Å². The molecule has 2 rings (SSSR count). The highest BCUT2D eigenvalue weighted by molar-refractivity contribution is 9.10. The highest BCUT2D eigenvalue weighted by Crippen LogP contribution is 2.22. The van der Waals surface area contributed by atoms with Gasteiger partial charge in [-0.05, 0) is 42.8 Å². The summed E-state index contributed by atoms with van der Waals surface area (Å²) in [5, 5.41) is 2.52. The molecule has 2 aromatic carbocycles. The van der Waals surface area contributed by atoms with E-state index in [-0.39, 0.29) is 11.6 Å². The Labute approximate surface area is 118 Å². The zero-order chi connectivity index (χ0) is 14.0. The van der Waals surface area contributed by atoms with Crippen molar-refractivity contribution in [1.82, 2.24) is 0 Å². The number of hydrogen-bond acceptors (Lipinski definition) is 2. The summed E-state index contributed by atoms with van der Waals surface area (Å²) in [7, 11) is 0. The molecule has 1 amide bonds. The Bertz CT molecular complexity index is 643. The molecule has 98 valence electrons. The maximum absolute atomic E-state index is 13.5. The average Bonchev–Trinajstić information content (AvgIpc) is 2.37. The van der Waals surface area contributed by atoms with Crippen molar-refractivity contribution in [2.45, 2.75) is 6.92 Å². The smallest absolute Gasteiger partial charge is 0.256 e. The van der Waals surface area contributed by atoms with E-state index in [1.807, 2.05) is 13.0 Å². The Morgan fingerprint density at radius 2 is 2.05 bits per heavy atom. The molecule has 0 bridgehead atoms. The van der Waals surface area contributed by atoms with E-state index in [9.17, 15) is 9.18 Å². The second kappa shape index (κ2) is 5.40. The van der Waals surface area contributed by atoms with E-state index in [0.29, 0.717) is 11.3 Å². The minimum Gasteiger partial charge on any atom is -0.399 e. The molecule has 0 radical (unpaired) electrons. The molecular weight excluding hydrogens is 311 g/mol. The number of nitrogens with one attached hydrogen (secondary N) is 1. The zero-order valence-corrected chi connectivity index (χ0v) is 11.8. The maximum Gasteiger partial charge on any atom is 0.256 e. The summed E-state index contributed by atoms with van der Waals surface area (Å²) in [6.07, 6.45) is 0. The van der Waals surface area contributed by atoms with Crippen LogP contribution in [0.2, 0.25) is 0 Å². The number of benzene rings is 2. The molecule has 19 heavy (non-hydrogen) atoms. The van der Waals surface area contributed by atoms with E-state index in [1.165, 1.54) is 18.2 Å². The Kier molecular flexibility index (Phi) is 3.85. The summed E-state index contributed by atoms with van der Waals surface area (Å²) in [6.45, 7) is 1.81. The Hall–Kier alpha value is -1.88. The fourth-order valence-electron chi connectivity index (χ4n) is 1.68. The third kappa shape index (κ3) is 2.93. The predicted molar refractivity (Wildman–Crippen MR) is 77.6 cm³/mol. The average molecular weight is 323 g/mol. The van der Waals surface area contributed by atoms with Gasteiger partial charge in [-0.3, -0.25) is 4.79 Å². The lowest BCUT2D eigenvalue weighted by molar-refractivity contribution is 0.102. The summed E-state index contributed by atoms with van der Waals surface area (Å²) in [4.78, 5) is 12.1. The van der Waals surface area contributed by atoms with E-state index in [2.05, 4.69) is 21.2 Å². The van der Waals surface area contributed by atoms with Crippen LogP contribution in [0.1, 0.15) is 15.9 Å². The van der Waals surface area contributed by atoms with Gasteiger partial charge in [-0.1, -0.05) is 22.0 Å². The molecule has 2 aromatic rings. The molecule has 3 nitrogen and oxygen atoms in total. The minimum absolute atomic E-state index is 0.0735. The van der Waals surface area contributed by atoms with Crippen LogP contribution in [0, 0.1) is 12.7 Å². The molecule has 3 N–H and O–H groups in total. The van der Waals surface area contributed by atoms with E-state index in [0.717, 1.165) is 10.0 Å². The highest BCUT2D eigenvalue weighted by atomic mass is 79.9. The highest BCUT2D eigenvalue weighted by Gasteiger charge is 2.13. The summed E-state index contributed by atoms with van der Waals surface area (Å²) in [5.41, 5.74) is 7.31. The number of halogens is 2. The van der Waals surface area contributed by atoms with Crippen LogP contribution < -0.4 is 11.1 Å². The standard InChI is InChI=1S/C14H12BrFN2O/c1-8-10(3-2-4-11(8)15)14(19)18-13-7-9(17)5-6-12(13)16/h2-7H,17H2,1H3,(H,18,19). The van der Waals surface area contributed by atoms with Gasteiger partial charge in [0.25, 0.3) is 5.91 Å². The molecule has 0 heterocycles. The molecule has 5 heteroatoms. The van der Waals surface area contributed by atoms with Crippen LogP contribution >= 0.6 is 15.9 Å². The Balaban J connectivity index is 2.31. The molecule has 0 spiro atoms. The number of nitrogen functional groups attached to an aromatic ring is 1. The fourth-order valence-corrected chi connectivity index (χ4v) is 2.05. The molecule has 0 saturated carbocycles. The number of carbonyl (C=O) groups is 1. The lowest BCUT2D eigenvalue weighted by Crippen LogP contribution is -2.14. The van der Waals surface area contributed by atoms with Crippen molar-refractivity contribution in [2.75, 3.05) is 11.1 Å². The molecule has 0 unspecified atom stereocenters. The minimum atomic E-state index is -0.518. The summed E-state index contributed by atoms with van der Waals surface area (Å²) < 4.78 is 14.4. The second-order valence-corrected chi connectivity index (χ2v) is 4.96. The SMILES string of the molecule is Cc1c(Br)cccc1C(=O)Nc1cc(N)ccc1F. The summed E-state index contributed by atoms with van der Waals surface area (Å²) in [5.74, 6) is -0.890. The molecule has 0 saturated heterocycles. The number of amides is 1. The van der Waals surface area contributed by atoms with Crippen LogP contribution in [-0.4, -0.2) is 5.91 Å². The predicted octanol–water partition coefficient (Wildman–Crippen LogP) is 3.73. The van der Waals surface area contributed by atoms with Gasteiger partial charge >= 0.3 is 0 Å². The van der Waals surface area contributed by atoms with Crippen molar-refractivity contribution in [2.24, 2.45) is 0 Å². The number of anilines is 2. The summed E-state index contributed by atoms with van der Waals surface area (Å²) >= 11 is 3.35. The Morgan fingerprint density at radius 1 is 1.32 bits per heavy atom. The van der Waals surface area contributed by atoms with Crippen LogP contribution in [0.3, 0.4) is 0 Å². The van der Waals surface area contributed by atoms with Crippen molar-refractivity contribution in [3.63, 3.8) is 0 Å². The number of rotatable bonds is 2. The molecular formula is C14H12BrFN2O. The van der Waals surface area contributed by atoms with Crippen molar-refractivity contribution in [3.05, 3.63) is 57.8 Å². The van der Waals surface area contributed by atoms with Crippen LogP contribution in [0.4, 0.5) is 15.8 Å². The Morgan fingerprint density at radius 3 is 2.79 bits per heavy atom. The van der Waals surface area contributed by atoms with Crippen LogP contribution in [0.5, 0.6) is 0 Å². The van der Waals surface area contributed by atoms with Crippen molar-refractivity contribution < 1.29 is 9.18 Å².